The number of ether oxygens (including phenoxy) is 1. The molecule has 1 saturated heterocycles. The van der Waals surface area contributed by atoms with E-state index in [4.69, 9.17) is 9.84 Å². The number of hydrogen-bond acceptors (Lipinski definition) is 4. The molecule has 102 valence electrons. The van der Waals surface area contributed by atoms with Crippen LogP contribution >= 0.6 is 0 Å². The lowest BCUT2D eigenvalue weighted by Crippen LogP contribution is -2.52. The Hall–Kier alpha value is -1.40. The maximum atomic E-state index is 12.2. The Morgan fingerprint density at radius 2 is 2.32 bits per heavy atom. The molecule has 1 heterocycles. The first-order valence-electron chi connectivity index (χ1n) is 6.13. The van der Waals surface area contributed by atoms with Gasteiger partial charge in [0.15, 0.2) is 0 Å². The Balaban J connectivity index is 1.97. The predicted octanol–water partition coefficient (Wildman–Crippen LogP) is 0.466. The lowest BCUT2D eigenvalue weighted by molar-refractivity contribution is -0.139. The second kappa shape index (κ2) is 4.61. The van der Waals surface area contributed by atoms with Gasteiger partial charge in [0.25, 0.3) is 0 Å². The molecule has 1 aliphatic heterocycles. The summed E-state index contributed by atoms with van der Waals surface area (Å²) in [4.78, 5) is 11.1. The first-order valence-corrected chi connectivity index (χ1v) is 7.51. The minimum Gasteiger partial charge on any atom is -0.497 e. The number of carboxylic acid groups (broad SMARTS) is 1. The van der Waals surface area contributed by atoms with Crippen molar-refractivity contribution in [2.24, 2.45) is 0 Å². The molecule has 5 nitrogen and oxygen atoms in total. The van der Waals surface area contributed by atoms with E-state index in [1.54, 1.807) is 7.11 Å². The van der Waals surface area contributed by atoms with Crippen LogP contribution in [0.4, 0.5) is 0 Å². The quantitative estimate of drug-likeness (QED) is 0.824. The zero-order valence-electron chi connectivity index (χ0n) is 10.5. The summed E-state index contributed by atoms with van der Waals surface area (Å²) < 4.78 is 17.4. The first kappa shape index (κ1) is 12.6. The van der Waals surface area contributed by atoms with Crippen LogP contribution in [0, 0.1) is 0 Å². The lowest BCUT2D eigenvalue weighted by atomic mass is 10.1. The van der Waals surface area contributed by atoms with Gasteiger partial charge >= 0.3 is 5.97 Å². The fourth-order valence-corrected chi connectivity index (χ4v) is 4.56. The molecule has 0 bridgehead atoms. The number of nitrogens with one attached hydrogen (secondary N) is 1. The Morgan fingerprint density at radius 3 is 3.00 bits per heavy atom. The number of methoxy groups -OCH3 is 1. The third kappa shape index (κ3) is 2.04. The van der Waals surface area contributed by atoms with E-state index in [2.05, 4.69) is 5.32 Å². The van der Waals surface area contributed by atoms with Crippen molar-refractivity contribution in [2.75, 3.05) is 12.9 Å². The second-order valence-electron chi connectivity index (χ2n) is 4.89. The van der Waals surface area contributed by atoms with Crippen molar-refractivity contribution in [1.29, 1.82) is 0 Å². The number of hydrogen-bond donors (Lipinski definition) is 2. The van der Waals surface area contributed by atoms with Gasteiger partial charge in [0.1, 0.15) is 11.8 Å². The maximum absolute atomic E-state index is 12.2. The Labute approximate surface area is 113 Å². The van der Waals surface area contributed by atoms with Gasteiger partial charge in [-0.1, -0.05) is 6.07 Å². The van der Waals surface area contributed by atoms with Crippen molar-refractivity contribution in [3.63, 3.8) is 0 Å². The molecule has 0 aromatic heterocycles. The number of benzene rings is 1. The highest BCUT2D eigenvalue weighted by Gasteiger charge is 2.43. The van der Waals surface area contributed by atoms with E-state index in [-0.39, 0.29) is 17.0 Å². The van der Waals surface area contributed by atoms with Crippen molar-refractivity contribution in [2.45, 2.75) is 23.8 Å². The van der Waals surface area contributed by atoms with Crippen LogP contribution in [0.2, 0.25) is 0 Å². The fourth-order valence-electron chi connectivity index (χ4n) is 2.85. The Kier molecular flexibility index (Phi) is 3.06. The van der Waals surface area contributed by atoms with Gasteiger partial charge in [-0.25, -0.2) is 0 Å². The lowest BCUT2D eigenvalue weighted by Gasteiger charge is -2.31. The summed E-state index contributed by atoms with van der Waals surface area (Å²) >= 11 is 0. The van der Waals surface area contributed by atoms with E-state index in [1.165, 1.54) is 0 Å². The second-order valence-corrected chi connectivity index (χ2v) is 6.59. The average molecular weight is 281 g/mol. The first-order chi connectivity index (χ1) is 9.10. The van der Waals surface area contributed by atoms with Crippen LogP contribution in [0.3, 0.4) is 0 Å². The SMILES string of the molecule is COc1ccc2c(c1)C1NC(C(=O)O)CS(=O)C1C2. The largest absolute Gasteiger partial charge is 0.497 e. The van der Waals surface area contributed by atoms with Gasteiger partial charge < -0.3 is 9.84 Å². The van der Waals surface area contributed by atoms with Crippen LogP contribution in [0.5, 0.6) is 5.75 Å². The van der Waals surface area contributed by atoms with Crippen molar-refractivity contribution < 1.29 is 18.8 Å². The van der Waals surface area contributed by atoms with E-state index in [0.29, 0.717) is 0 Å². The van der Waals surface area contributed by atoms with Crippen LogP contribution in [0.15, 0.2) is 18.2 Å². The molecule has 19 heavy (non-hydrogen) atoms. The molecule has 1 fully saturated rings. The van der Waals surface area contributed by atoms with E-state index in [0.717, 1.165) is 23.3 Å². The standard InChI is InChI=1S/C13H15NO4S/c1-18-8-3-2-7-4-11-12(9(7)5-8)14-10(13(15)16)6-19(11)17/h2-3,5,10-12,14H,4,6H2,1H3,(H,15,16). The molecular formula is C13H15NO4S. The summed E-state index contributed by atoms with van der Waals surface area (Å²) in [7, 11) is 0.483. The molecule has 0 spiro atoms. The molecule has 0 radical (unpaired) electrons. The summed E-state index contributed by atoms with van der Waals surface area (Å²) in [6.45, 7) is 0. The van der Waals surface area contributed by atoms with Gasteiger partial charge in [0, 0.05) is 16.8 Å². The molecule has 1 aromatic rings. The third-order valence-electron chi connectivity index (χ3n) is 3.83. The van der Waals surface area contributed by atoms with Crippen molar-refractivity contribution in [3.8, 4) is 5.75 Å². The van der Waals surface area contributed by atoms with Crippen molar-refractivity contribution in [3.05, 3.63) is 29.3 Å². The topological polar surface area (TPSA) is 75.6 Å². The zero-order chi connectivity index (χ0) is 13.6. The molecule has 0 saturated carbocycles. The van der Waals surface area contributed by atoms with Crippen LogP contribution in [0.25, 0.3) is 0 Å². The monoisotopic (exact) mass is 281 g/mol. The number of carboxylic acids is 1. The molecule has 4 unspecified atom stereocenters. The van der Waals surface area contributed by atoms with Crippen molar-refractivity contribution >= 4 is 16.8 Å². The van der Waals surface area contributed by atoms with Gasteiger partial charge in [0.05, 0.1) is 18.1 Å². The molecule has 1 aliphatic carbocycles. The molecule has 2 N–H and O–H groups in total. The Bertz CT molecular complexity index is 560. The van der Waals surface area contributed by atoms with Crippen LogP contribution in [-0.2, 0) is 22.0 Å². The van der Waals surface area contributed by atoms with Gasteiger partial charge in [0.2, 0.25) is 0 Å². The highest BCUT2D eigenvalue weighted by atomic mass is 32.2. The average Bonchev–Trinajstić information content (AvgIpc) is 2.77. The smallest absolute Gasteiger partial charge is 0.321 e. The predicted molar refractivity (Wildman–Crippen MR) is 70.8 cm³/mol. The maximum Gasteiger partial charge on any atom is 0.321 e. The van der Waals surface area contributed by atoms with Crippen LogP contribution in [-0.4, -0.2) is 39.4 Å². The summed E-state index contributed by atoms with van der Waals surface area (Å²) in [5.74, 6) is -0.0192. The van der Waals surface area contributed by atoms with Crippen LogP contribution < -0.4 is 10.1 Å². The molecule has 0 amide bonds. The fraction of sp³-hybridized carbons (Fsp3) is 0.462. The molecular weight excluding hydrogens is 266 g/mol. The van der Waals surface area contributed by atoms with Gasteiger partial charge in [-0.3, -0.25) is 14.3 Å². The molecule has 4 atom stereocenters. The van der Waals surface area contributed by atoms with E-state index < -0.39 is 22.8 Å². The van der Waals surface area contributed by atoms with E-state index in [9.17, 15) is 9.00 Å². The van der Waals surface area contributed by atoms with Gasteiger partial charge in [-0.15, -0.1) is 0 Å². The number of fused-ring (bicyclic) bond motifs is 3. The molecule has 1 aromatic carbocycles. The minimum atomic E-state index is -1.12. The molecule has 6 heteroatoms. The summed E-state index contributed by atoms with van der Waals surface area (Å²) in [6.07, 6.45) is 0.732. The number of rotatable bonds is 2. The minimum absolute atomic E-state index is 0.0299. The summed E-state index contributed by atoms with van der Waals surface area (Å²) in [5.41, 5.74) is 2.14. The third-order valence-corrected chi connectivity index (χ3v) is 5.60. The Morgan fingerprint density at radius 1 is 1.53 bits per heavy atom. The molecule has 3 rings (SSSR count). The van der Waals surface area contributed by atoms with Crippen molar-refractivity contribution in [1.82, 2.24) is 5.32 Å². The normalized spacial score (nSPS) is 32.5. The highest BCUT2D eigenvalue weighted by molar-refractivity contribution is 7.85. The summed E-state index contributed by atoms with van der Waals surface area (Å²) in [5, 5.41) is 12.2. The van der Waals surface area contributed by atoms with E-state index >= 15 is 0 Å². The van der Waals surface area contributed by atoms with Gasteiger partial charge in [-0.2, -0.15) is 0 Å². The summed E-state index contributed by atoms with van der Waals surface area (Å²) in [6, 6.07) is 4.88. The van der Waals surface area contributed by atoms with E-state index in [1.807, 2.05) is 18.2 Å². The molecule has 2 aliphatic rings. The number of aliphatic carboxylic acids is 1. The zero-order valence-corrected chi connectivity index (χ0v) is 11.3. The number of carbonyl (C=O) groups is 1. The van der Waals surface area contributed by atoms with Crippen LogP contribution in [0.1, 0.15) is 17.2 Å². The van der Waals surface area contributed by atoms with Gasteiger partial charge in [-0.05, 0) is 29.7 Å². The highest BCUT2D eigenvalue weighted by Crippen LogP contribution is 2.39.